The minimum Gasteiger partial charge on any atom is -0.352 e. The fraction of sp³-hybridized carbons (Fsp3) is 0.516. The predicted octanol–water partition coefficient (Wildman–Crippen LogP) is 2.18. The van der Waals surface area contributed by atoms with Crippen molar-refractivity contribution in [2.75, 3.05) is 61.5 Å². The topological polar surface area (TPSA) is 99.9 Å². The SMILES string of the molecule is C=CC(=O)N1CCN(c2nc(N3CC(N(C)C)C3)nc3c2CCC(N2C(=O)CCc4ccccc42)C3)CC1CC#N. The zero-order chi connectivity index (χ0) is 28.7. The Balaban J connectivity index is 1.33. The van der Waals surface area contributed by atoms with Gasteiger partial charge < -0.3 is 24.5 Å². The molecule has 6 rings (SSSR count). The molecule has 2 unspecified atom stereocenters. The molecule has 2 fully saturated rings. The highest BCUT2D eigenvalue weighted by molar-refractivity contribution is 5.97. The van der Waals surface area contributed by atoms with Gasteiger partial charge in [0.15, 0.2) is 0 Å². The van der Waals surface area contributed by atoms with Crippen LogP contribution in [-0.4, -0.2) is 96.5 Å². The summed E-state index contributed by atoms with van der Waals surface area (Å²) >= 11 is 0. The lowest BCUT2D eigenvalue weighted by atomic mass is 9.88. The van der Waals surface area contributed by atoms with E-state index < -0.39 is 0 Å². The average Bonchev–Trinajstić information content (AvgIpc) is 2.95. The molecule has 1 aromatic heterocycles. The molecule has 214 valence electrons. The third-order valence-electron chi connectivity index (χ3n) is 9.15. The number of rotatable bonds is 6. The van der Waals surface area contributed by atoms with Gasteiger partial charge in [0, 0.05) is 68.9 Å². The summed E-state index contributed by atoms with van der Waals surface area (Å²) in [6, 6.07) is 10.8. The Hall–Kier alpha value is -3.97. The lowest BCUT2D eigenvalue weighted by Gasteiger charge is -2.45. The maximum atomic E-state index is 13.2. The fourth-order valence-electron chi connectivity index (χ4n) is 6.72. The Kier molecular flexibility index (Phi) is 7.39. The molecule has 10 heteroatoms. The Morgan fingerprint density at radius 3 is 2.68 bits per heavy atom. The Morgan fingerprint density at radius 2 is 1.93 bits per heavy atom. The van der Waals surface area contributed by atoms with Gasteiger partial charge in [0.05, 0.1) is 24.2 Å². The lowest BCUT2D eigenvalue weighted by molar-refractivity contribution is -0.128. The number of nitriles is 1. The van der Waals surface area contributed by atoms with Gasteiger partial charge in [0.25, 0.3) is 0 Å². The summed E-state index contributed by atoms with van der Waals surface area (Å²) in [6.45, 7) is 7.07. The molecule has 0 radical (unpaired) electrons. The van der Waals surface area contributed by atoms with Crippen LogP contribution in [0.15, 0.2) is 36.9 Å². The number of carbonyl (C=O) groups is 2. The number of likely N-dealkylation sites (N-methyl/N-ethyl adjacent to an activating group) is 1. The number of aryl methyl sites for hydroxylation is 1. The minimum atomic E-state index is -0.228. The molecular formula is C31H38N8O2. The summed E-state index contributed by atoms with van der Waals surface area (Å²) < 4.78 is 0. The van der Waals surface area contributed by atoms with Crippen LogP contribution in [0.3, 0.4) is 0 Å². The molecule has 4 aliphatic rings. The Bertz CT molecular complexity index is 1390. The normalized spacial score (nSPS) is 22.6. The van der Waals surface area contributed by atoms with Crippen LogP contribution >= 0.6 is 0 Å². The molecule has 2 atom stereocenters. The van der Waals surface area contributed by atoms with Crippen LogP contribution in [0.2, 0.25) is 0 Å². The summed E-state index contributed by atoms with van der Waals surface area (Å²) in [5.41, 5.74) is 4.40. The first-order valence-corrected chi connectivity index (χ1v) is 14.6. The molecule has 0 bridgehead atoms. The van der Waals surface area contributed by atoms with Gasteiger partial charge in [-0.05, 0) is 51.1 Å². The summed E-state index contributed by atoms with van der Waals surface area (Å²) in [6.07, 6.45) is 5.20. The van der Waals surface area contributed by atoms with Crippen molar-refractivity contribution < 1.29 is 9.59 Å². The van der Waals surface area contributed by atoms with E-state index in [-0.39, 0.29) is 30.3 Å². The molecule has 0 N–H and O–H groups in total. The third kappa shape index (κ3) is 5.04. The van der Waals surface area contributed by atoms with E-state index in [2.05, 4.69) is 53.6 Å². The molecule has 41 heavy (non-hydrogen) atoms. The van der Waals surface area contributed by atoms with Gasteiger partial charge in [-0.3, -0.25) is 9.59 Å². The summed E-state index contributed by atoms with van der Waals surface area (Å²) in [5, 5.41) is 9.51. The number of fused-ring (bicyclic) bond motifs is 2. The molecule has 1 aliphatic carbocycles. The first kappa shape index (κ1) is 27.2. The van der Waals surface area contributed by atoms with E-state index >= 15 is 0 Å². The number of hydrogen-bond acceptors (Lipinski definition) is 8. The number of piperazine rings is 1. The van der Waals surface area contributed by atoms with Gasteiger partial charge in [-0.25, -0.2) is 4.98 Å². The third-order valence-corrected chi connectivity index (χ3v) is 9.15. The first-order valence-electron chi connectivity index (χ1n) is 14.6. The number of amides is 2. The van der Waals surface area contributed by atoms with Gasteiger partial charge >= 0.3 is 0 Å². The van der Waals surface area contributed by atoms with Gasteiger partial charge in [-0.1, -0.05) is 24.8 Å². The van der Waals surface area contributed by atoms with Crippen molar-refractivity contribution in [1.29, 1.82) is 5.26 Å². The average molecular weight is 555 g/mol. The van der Waals surface area contributed by atoms with Gasteiger partial charge in [0.2, 0.25) is 17.8 Å². The molecular weight excluding hydrogens is 516 g/mol. The van der Waals surface area contributed by atoms with Crippen molar-refractivity contribution in [2.24, 2.45) is 0 Å². The second kappa shape index (κ2) is 11.1. The quantitative estimate of drug-likeness (QED) is 0.501. The van der Waals surface area contributed by atoms with Crippen molar-refractivity contribution >= 4 is 29.3 Å². The number of anilines is 3. The van der Waals surface area contributed by atoms with Crippen LogP contribution < -0.4 is 14.7 Å². The number of carbonyl (C=O) groups excluding carboxylic acids is 2. The fourth-order valence-corrected chi connectivity index (χ4v) is 6.72. The second-order valence-corrected chi connectivity index (χ2v) is 11.8. The van der Waals surface area contributed by atoms with Crippen molar-refractivity contribution in [1.82, 2.24) is 19.8 Å². The van der Waals surface area contributed by atoms with Gasteiger partial charge in [-0.2, -0.15) is 10.2 Å². The highest BCUT2D eigenvalue weighted by Gasteiger charge is 2.38. The standard InChI is InChI=1S/C31H38N8O2/c1-4-28(40)38-16-15-36(18-23(38)13-14-32)30-25-11-10-22(39-27-8-6-5-7-21(27)9-12-29(39)41)17-26(25)33-31(34-30)37-19-24(20-37)35(2)3/h4-8,22-24H,1,9-13,15-20H2,2-3H3. The predicted molar refractivity (Wildman–Crippen MR) is 158 cm³/mol. The van der Waals surface area contributed by atoms with Gasteiger partial charge in [0.1, 0.15) is 5.82 Å². The van der Waals surface area contributed by atoms with Crippen molar-refractivity contribution in [3.63, 3.8) is 0 Å². The molecule has 2 amide bonds. The van der Waals surface area contributed by atoms with E-state index in [1.165, 1.54) is 11.6 Å². The Morgan fingerprint density at radius 1 is 1.12 bits per heavy atom. The van der Waals surface area contributed by atoms with Crippen LogP contribution in [0.1, 0.15) is 36.1 Å². The van der Waals surface area contributed by atoms with E-state index in [0.717, 1.165) is 61.1 Å². The molecule has 0 spiro atoms. The molecule has 4 heterocycles. The number of benzene rings is 1. The van der Waals surface area contributed by atoms with E-state index in [4.69, 9.17) is 9.97 Å². The van der Waals surface area contributed by atoms with Crippen LogP contribution in [0.5, 0.6) is 0 Å². The van der Waals surface area contributed by atoms with E-state index in [0.29, 0.717) is 38.5 Å². The van der Waals surface area contributed by atoms with Crippen molar-refractivity contribution in [3.05, 3.63) is 53.7 Å². The van der Waals surface area contributed by atoms with Gasteiger partial charge in [-0.15, -0.1) is 0 Å². The summed E-state index contributed by atoms with van der Waals surface area (Å²) in [7, 11) is 4.19. The maximum Gasteiger partial charge on any atom is 0.246 e. The highest BCUT2D eigenvalue weighted by Crippen LogP contribution is 2.37. The molecule has 0 saturated carbocycles. The van der Waals surface area contributed by atoms with E-state index in [9.17, 15) is 14.9 Å². The second-order valence-electron chi connectivity index (χ2n) is 11.8. The first-order chi connectivity index (χ1) is 19.9. The van der Waals surface area contributed by atoms with E-state index in [1.807, 2.05) is 17.0 Å². The van der Waals surface area contributed by atoms with Crippen LogP contribution in [0.25, 0.3) is 0 Å². The monoisotopic (exact) mass is 554 g/mol. The largest absolute Gasteiger partial charge is 0.352 e. The maximum absolute atomic E-state index is 13.2. The van der Waals surface area contributed by atoms with E-state index in [1.54, 1.807) is 4.90 Å². The zero-order valence-electron chi connectivity index (χ0n) is 24.0. The number of para-hydroxylation sites is 1. The Labute approximate surface area is 241 Å². The van der Waals surface area contributed by atoms with Crippen LogP contribution in [0.4, 0.5) is 17.5 Å². The van der Waals surface area contributed by atoms with Crippen molar-refractivity contribution in [3.8, 4) is 6.07 Å². The zero-order valence-corrected chi connectivity index (χ0v) is 24.0. The highest BCUT2D eigenvalue weighted by atomic mass is 16.2. The smallest absolute Gasteiger partial charge is 0.246 e. The molecule has 3 aliphatic heterocycles. The number of hydrogen-bond donors (Lipinski definition) is 0. The van der Waals surface area contributed by atoms with Crippen LogP contribution in [0, 0.1) is 11.3 Å². The summed E-state index contributed by atoms with van der Waals surface area (Å²) in [4.78, 5) is 46.5. The van der Waals surface area contributed by atoms with Crippen LogP contribution in [-0.2, 0) is 28.9 Å². The molecule has 2 saturated heterocycles. The lowest BCUT2D eigenvalue weighted by Crippen LogP contribution is -2.58. The number of aromatic nitrogens is 2. The minimum absolute atomic E-state index is 0.0476. The van der Waals surface area contributed by atoms with Crippen molar-refractivity contribution in [2.45, 2.75) is 56.7 Å². The molecule has 2 aromatic rings. The molecule has 1 aromatic carbocycles. The molecule has 10 nitrogen and oxygen atoms in total. The summed E-state index contributed by atoms with van der Waals surface area (Å²) in [5.74, 6) is 1.69. The number of nitrogens with zero attached hydrogens (tertiary/aromatic N) is 8.